The van der Waals surface area contributed by atoms with E-state index in [1.165, 1.54) is 4.90 Å². The van der Waals surface area contributed by atoms with Gasteiger partial charge in [0.1, 0.15) is 5.82 Å². The molecule has 2 amide bonds. The third-order valence-electron chi connectivity index (χ3n) is 6.59. The number of methoxy groups -OCH3 is 2. The van der Waals surface area contributed by atoms with Crippen LogP contribution in [0, 0.1) is 6.92 Å². The van der Waals surface area contributed by atoms with E-state index in [4.69, 9.17) is 15.2 Å². The molecule has 3 heterocycles. The molecule has 6 rings (SSSR count). The third kappa shape index (κ3) is 2.80. The number of carbonyl (C=O) groups excluding carboxylic acids is 2. The average Bonchev–Trinajstić information content (AvgIpc) is 3.13. The maximum Gasteiger partial charge on any atom is 0.266 e. The molecule has 0 saturated carbocycles. The molecular formula is C27H20N4O4. The van der Waals surface area contributed by atoms with Gasteiger partial charge in [0.05, 0.1) is 42.1 Å². The molecule has 172 valence electrons. The monoisotopic (exact) mass is 464 g/mol. The van der Waals surface area contributed by atoms with Gasteiger partial charge in [-0.15, -0.1) is 0 Å². The number of ether oxygens (including phenoxy) is 2. The normalized spacial score (nSPS) is 13.2. The highest BCUT2D eigenvalue weighted by molar-refractivity contribution is 6.35. The van der Waals surface area contributed by atoms with E-state index in [2.05, 4.69) is 9.97 Å². The summed E-state index contributed by atoms with van der Waals surface area (Å²) in [6.45, 7) is 1.84. The summed E-state index contributed by atoms with van der Waals surface area (Å²) in [5.74, 6) is 0.736. The zero-order valence-electron chi connectivity index (χ0n) is 19.2. The van der Waals surface area contributed by atoms with Crippen LogP contribution < -0.4 is 20.1 Å². The van der Waals surface area contributed by atoms with Crippen LogP contribution in [0.25, 0.3) is 32.6 Å². The van der Waals surface area contributed by atoms with Crippen molar-refractivity contribution in [3.05, 3.63) is 71.4 Å². The first kappa shape index (κ1) is 20.9. The van der Waals surface area contributed by atoms with Gasteiger partial charge in [0, 0.05) is 33.8 Å². The Bertz CT molecular complexity index is 1710. The summed E-state index contributed by atoms with van der Waals surface area (Å²) in [5, 5.41) is 3.21. The van der Waals surface area contributed by atoms with E-state index in [0.29, 0.717) is 56.1 Å². The third-order valence-corrected chi connectivity index (χ3v) is 6.59. The van der Waals surface area contributed by atoms with Crippen LogP contribution in [-0.4, -0.2) is 36.0 Å². The lowest BCUT2D eigenvalue weighted by atomic mass is 9.99. The number of aryl methyl sites for hydroxylation is 1. The molecule has 1 aliphatic rings. The van der Waals surface area contributed by atoms with Crippen molar-refractivity contribution in [1.29, 1.82) is 0 Å². The Kier molecular flexibility index (Phi) is 4.41. The van der Waals surface area contributed by atoms with Crippen molar-refractivity contribution in [3.8, 4) is 11.5 Å². The summed E-state index contributed by atoms with van der Waals surface area (Å²) < 4.78 is 11.0. The van der Waals surface area contributed by atoms with Crippen LogP contribution in [0.15, 0.2) is 54.7 Å². The predicted molar refractivity (Wildman–Crippen MR) is 134 cm³/mol. The van der Waals surface area contributed by atoms with Gasteiger partial charge in [-0.1, -0.05) is 18.2 Å². The SMILES string of the molecule is COc1cc2ncc3c(N)nc4c(C)c(N5C(=O)c6ccccc6C5=O)ccc4c3c2cc1OC. The Morgan fingerprint density at radius 1 is 0.857 bits per heavy atom. The fraction of sp³-hybridized carbons (Fsp3) is 0.111. The fourth-order valence-corrected chi connectivity index (χ4v) is 4.87. The second-order valence-electron chi connectivity index (χ2n) is 8.37. The van der Waals surface area contributed by atoms with Gasteiger partial charge in [-0.25, -0.2) is 9.88 Å². The minimum atomic E-state index is -0.353. The van der Waals surface area contributed by atoms with Gasteiger partial charge in [-0.3, -0.25) is 14.6 Å². The summed E-state index contributed by atoms with van der Waals surface area (Å²) in [5.41, 5.74) is 9.63. The van der Waals surface area contributed by atoms with Crippen molar-refractivity contribution in [3.63, 3.8) is 0 Å². The zero-order chi connectivity index (χ0) is 24.4. The molecule has 0 spiro atoms. The number of hydrogen-bond acceptors (Lipinski definition) is 7. The Morgan fingerprint density at radius 2 is 1.51 bits per heavy atom. The molecular weight excluding hydrogens is 444 g/mol. The zero-order valence-corrected chi connectivity index (χ0v) is 19.2. The van der Waals surface area contributed by atoms with Gasteiger partial charge >= 0.3 is 0 Å². The number of nitrogens with zero attached hydrogens (tertiary/aromatic N) is 3. The van der Waals surface area contributed by atoms with E-state index in [1.54, 1.807) is 50.7 Å². The molecule has 0 bridgehead atoms. The number of anilines is 2. The molecule has 2 N–H and O–H groups in total. The van der Waals surface area contributed by atoms with E-state index in [0.717, 1.165) is 16.2 Å². The van der Waals surface area contributed by atoms with Crippen LogP contribution in [0.3, 0.4) is 0 Å². The smallest absolute Gasteiger partial charge is 0.266 e. The summed E-state index contributed by atoms with van der Waals surface area (Å²) >= 11 is 0. The van der Waals surface area contributed by atoms with Crippen LogP contribution in [-0.2, 0) is 0 Å². The first-order chi connectivity index (χ1) is 16.9. The van der Waals surface area contributed by atoms with Crippen molar-refractivity contribution in [1.82, 2.24) is 9.97 Å². The molecule has 0 fully saturated rings. The van der Waals surface area contributed by atoms with Crippen LogP contribution >= 0.6 is 0 Å². The molecule has 8 nitrogen and oxygen atoms in total. The summed E-state index contributed by atoms with van der Waals surface area (Å²) in [4.78, 5) is 36.6. The van der Waals surface area contributed by atoms with Crippen LogP contribution in [0.2, 0.25) is 0 Å². The number of nitrogens with two attached hydrogens (primary N) is 1. The van der Waals surface area contributed by atoms with Gasteiger partial charge in [0.25, 0.3) is 11.8 Å². The quantitative estimate of drug-likeness (QED) is 0.306. The number of nitrogen functional groups attached to an aromatic ring is 1. The largest absolute Gasteiger partial charge is 0.493 e. The minimum Gasteiger partial charge on any atom is -0.493 e. The van der Waals surface area contributed by atoms with Gasteiger partial charge in [-0.2, -0.15) is 0 Å². The van der Waals surface area contributed by atoms with Crippen molar-refractivity contribution in [2.75, 3.05) is 24.9 Å². The molecule has 0 atom stereocenters. The van der Waals surface area contributed by atoms with E-state index in [9.17, 15) is 9.59 Å². The number of rotatable bonds is 3. The molecule has 1 aliphatic heterocycles. The van der Waals surface area contributed by atoms with Gasteiger partial charge in [0.2, 0.25) is 0 Å². The second kappa shape index (κ2) is 7.39. The summed E-state index contributed by atoms with van der Waals surface area (Å²) in [7, 11) is 3.15. The fourth-order valence-electron chi connectivity index (χ4n) is 4.87. The summed E-state index contributed by atoms with van der Waals surface area (Å²) in [6.07, 6.45) is 1.69. The van der Waals surface area contributed by atoms with Crippen LogP contribution in [0.1, 0.15) is 26.3 Å². The van der Waals surface area contributed by atoms with Crippen LogP contribution in [0.4, 0.5) is 11.5 Å². The highest BCUT2D eigenvalue weighted by Crippen LogP contribution is 2.41. The van der Waals surface area contributed by atoms with Gasteiger partial charge in [-0.05, 0) is 36.8 Å². The summed E-state index contributed by atoms with van der Waals surface area (Å²) in [6, 6.07) is 14.2. The number of hydrogen-bond donors (Lipinski definition) is 1. The molecule has 8 heteroatoms. The number of aromatic nitrogens is 2. The van der Waals surface area contributed by atoms with E-state index < -0.39 is 0 Å². The number of amides is 2. The molecule has 0 aliphatic carbocycles. The maximum absolute atomic E-state index is 13.1. The Hall–Kier alpha value is -4.72. The highest BCUT2D eigenvalue weighted by Gasteiger charge is 2.37. The number of carbonyl (C=O) groups is 2. The molecule has 2 aromatic heterocycles. The predicted octanol–water partition coefficient (Wildman–Crippen LogP) is 4.64. The number of pyridine rings is 2. The lowest BCUT2D eigenvalue weighted by molar-refractivity contribution is 0.0926. The molecule has 0 saturated heterocycles. The number of fused-ring (bicyclic) bond motifs is 6. The lowest BCUT2D eigenvalue weighted by Crippen LogP contribution is -2.30. The highest BCUT2D eigenvalue weighted by atomic mass is 16.5. The maximum atomic E-state index is 13.1. The minimum absolute atomic E-state index is 0.305. The van der Waals surface area contributed by atoms with Crippen molar-refractivity contribution in [2.45, 2.75) is 6.92 Å². The number of imide groups is 1. The van der Waals surface area contributed by atoms with Gasteiger partial charge < -0.3 is 15.2 Å². The van der Waals surface area contributed by atoms with E-state index >= 15 is 0 Å². The molecule has 3 aromatic carbocycles. The standard InChI is InChI=1S/C27H20N4O4/c1-13-20(31-26(32)14-6-4-5-7-15(14)27(31)33)9-8-16-23-17-10-21(34-2)22(35-3)11-19(17)29-12-18(23)25(28)30-24(13)16/h4-12H,1-3H3,(H2,28,30). The second-order valence-corrected chi connectivity index (χ2v) is 8.37. The molecule has 35 heavy (non-hydrogen) atoms. The Labute approximate surface area is 199 Å². The van der Waals surface area contributed by atoms with E-state index in [1.807, 2.05) is 25.1 Å². The first-order valence-corrected chi connectivity index (χ1v) is 11.0. The Morgan fingerprint density at radius 3 is 2.17 bits per heavy atom. The van der Waals surface area contributed by atoms with Crippen molar-refractivity contribution in [2.24, 2.45) is 0 Å². The topological polar surface area (TPSA) is 108 Å². The first-order valence-electron chi connectivity index (χ1n) is 11.0. The number of benzene rings is 3. The lowest BCUT2D eigenvalue weighted by Gasteiger charge is -2.19. The molecule has 0 unspecified atom stereocenters. The van der Waals surface area contributed by atoms with Crippen molar-refractivity contribution >= 4 is 55.9 Å². The molecule has 5 aromatic rings. The Balaban J connectivity index is 1.65. The van der Waals surface area contributed by atoms with Gasteiger partial charge in [0.15, 0.2) is 11.5 Å². The van der Waals surface area contributed by atoms with E-state index in [-0.39, 0.29) is 11.8 Å². The van der Waals surface area contributed by atoms with Crippen molar-refractivity contribution < 1.29 is 19.1 Å². The average molecular weight is 464 g/mol. The molecule has 0 radical (unpaired) electrons. The van der Waals surface area contributed by atoms with Crippen LogP contribution in [0.5, 0.6) is 11.5 Å².